The molecular formula is C11H16O3. The van der Waals surface area contributed by atoms with E-state index in [-0.39, 0.29) is 18.2 Å². The van der Waals surface area contributed by atoms with Crippen molar-refractivity contribution in [2.24, 2.45) is 0 Å². The van der Waals surface area contributed by atoms with Gasteiger partial charge in [-0.05, 0) is 31.8 Å². The predicted molar refractivity (Wildman–Crippen MR) is 51.8 cm³/mol. The van der Waals surface area contributed by atoms with Crippen molar-refractivity contribution in [2.75, 3.05) is 6.61 Å². The Labute approximate surface area is 84.1 Å². The van der Waals surface area contributed by atoms with Crippen molar-refractivity contribution in [1.82, 2.24) is 0 Å². The lowest BCUT2D eigenvalue weighted by Gasteiger charge is -2.16. The van der Waals surface area contributed by atoms with Crippen molar-refractivity contribution in [3.05, 3.63) is 11.1 Å². The molecule has 0 N–H and O–H groups in total. The van der Waals surface area contributed by atoms with Crippen LogP contribution in [-0.4, -0.2) is 24.8 Å². The van der Waals surface area contributed by atoms with Crippen LogP contribution in [-0.2, 0) is 14.3 Å². The lowest BCUT2D eigenvalue weighted by Crippen LogP contribution is -2.25. The van der Waals surface area contributed by atoms with Crippen molar-refractivity contribution < 1.29 is 14.3 Å². The molecule has 0 amide bonds. The fourth-order valence-electron chi connectivity index (χ4n) is 2.36. The average Bonchev–Trinajstić information content (AvgIpc) is 2.66. The minimum atomic E-state index is -0.128. The fourth-order valence-corrected chi connectivity index (χ4v) is 2.36. The summed E-state index contributed by atoms with van der Waals surface area (Å²) in [5, 5.41) is 0. The van der Waals surface area contributed by atoms with Crippen LogP contribution in [0.15, 0.2) is 11.1 Å². The molecular weight excluding hydrogens is 180 g/mol. The van der Waals surface area contributed by atoms with Crippen molar-refractivity contribution in [2.45, 2.75) is 45.3 Å². The Kier molecular flexibility index (Phi) is 2.59. The molecule has 2 rings (SSSR count). The van der Waals surface area contributed by atoms with E-state index < -0.39 is 0 Å². The first kappa shape index (κ1) is 9.71. The highest BCUT2D eigenvalue weighted by Gasteiger charge is 2.42. The fraction of sp³-hybridized carbons (Fsp3) is 0.727. The summed E-state index contributed by atoms with van der Waals surface area (Å²) in [5.74, 6) is -0.128. The van der Waals surface area contributed by atoms with Crippen LogP contribution in [0.3, 0.4) is 0 Å². The predicted octanol–water partition coefficient (Wildman–Crippen LogP) is 1.82. The van der Waals surface area contributed by atoms with Gasteiger partial charge in [-0.3, -0.25) is 0 Å². The Bertz CT molecular complexity index is 280. The lowest BCUT2D eigenvalue weighted by atomic mass is 10.1. The number of rotatable bonds is 3. The van der Waals surface area contributed by atoms with Gasteiger partial charge in [0, 0.05) is 12.2 Å². The number of esters is 1. The van der Waals surface area contributed by atoms with Crippen molar-refractivity contribution in [1.29, 1.82) is 0 Å². The zero-order valence-corrected chi connectivity index (χ0v) is 8.71. The van der Waals surface area contributed by atoms with E-state index in [1.807, 2.05) is 13.8 Å². The average molecular weight is 196 g/mol. The maximum atomic E-state index is 11.4. The van der Waals surface area contributed by atoms with Crippen LogP contribution < -0.4 is 0 Å². The largest absolute Gasteiger partial charge is 0.452 e. The second-order valence-corrected chi connectivity index (χ2v) is 3.72. The molecule has 0 aromatic carbocycles. The Morgan fingerprint density at radius 2 is 2.29 bits per heavy atom. The molecule has 0 bridgehead atoms. The molecule has 1 saturated carbocycles. The first-order chi connectivity index (χ1) is 6.77. The van der Waals surface area contributed by atoms with E-state index in [1.54, 1.807) is 0 Å². The molecule has 3 nitrogen and oxygen atoms in total. The van der Waals surface area contributed by atoms with Crippen molar-refractivity contribution in [3.63, 3.8) is 0 Å². The first-order valence-corrected chi connectivity index (χ1v) is 5.32. The monoisotopic (exact) mass is 196 g/mol. The summed E-state index contributed by atoms with van der Waals surface area (Å²) in [6.07, 6.45) is 2.76. The smallest absolute Gasteiger partial charge is 0.334 e. The van der Waals surface area contributed by atoms with Gasteiger partial charge in [-0.25, -0.2) is 4.79 Å². The van der Waals surface area contributed by atoms with E-state index in [4.69, 9.17) is 9.47 Å². The highest BCUT2D eigenvalue weighted by Crippen LogP contribution is 2.38. The molecule has 0 spiro atoms. The number of hydrogen-bond acceptors (Lipinski definition) is 3. The number of ether oxygens (including phenoxy) is 2. The molecule has 3 heteroatoms. The van der Waals surface area contributed by atoms with Crippen LogP contribution in [0.1, 0.15) is 33.1 Å². The van der Waals surface area contributed by atoms with E-state index in [9.17, 15) is 4.79 Å². The molecule has 1 heterocycles. The van der Waals surface area contributed by atoms with Gasteiger partial charge in [-0.1, -0.05) is 6.92 Å². The highest BCUT2D eigenvalue weighted by molar-refractivity contribution is 5.92. The molecule has 1 aliphatic carbocycles. The molecule has 0 saturated heterocycles. The summed E-state index contributed by atoms with van der Waals surface area (Å²) in [7, 11) is 0. The van der Waals surface area contributed by atoms with Gasteiger partial charge >= 0.3 is 5.97 Å². The second kappa shape index (κ2) is 3.73. The van der Waals surface area contributed by atoms with E-state index in [1.165, 1.54) is 5.57 Å². The third-order valence-corrected chi connectivity index (χ3v) is 2.98. The van der Waals surface area contributed by atoms with Crippen molar-refractivity contribution >= 4 is 5.97 Å². The molecule has 14 heavy (non-hydrogen) atoms. The maximum absolute atomic E-state index is 11.4. The number of carbonyl (C=O) groups is 1. The second-order valence-electron chi connectivity index (χ2n) is 3.72. The van der Waals surface area contributed by atoms with Gasteiger partial charge in [-0.15, -0.1) is 0 Å². The van der Waals surface area contributed by atoms with E-state index in [2.05, 4.69) is 0 Å². The van der Waals surface area contributed by atoms with Gasteiger partial charge in [0.1, 0.15) is 0 Å². The van der Waals surface area contributed by atoms with Gasteiger partial charge in [-0.2, -0.15) is 0 Å². The normalized spacial score (nSPS) is 30.9. The third kappa shape index (κ3) is 1.36. The molecule has 0 radical (unpaired) electrons. The van der Waals surface area contributed by atoms with Gasteiger partial charge in [0.15, 0.2) is 6.10 Å². The van der Waals surface area contributed by atoms with Gasteiger partial charge in [0.2, 0.25) is 0 Å². The Morgan fingerprint density at radius 1 is 1.50 bits per heavy atom. The molecule has 0 aromatic rings. The summed E-state index contributed by atoms with van der Waals surface area (Å²) in [6, 6.07) is 0. The SMILES string of the molecule is CCOC1CCC2=C(CC)C(=O)OC21. The van der Waals surface area contributed by atoms with E-state index >= 15 is 0 Å². The van der Waals surface area contributed by atoms with E-state index in [0.717, 1.165) is 24.8 Å². The zero-order chi connectivity index (χ0) is 10.1. The van der Waals surface area contributed by atoms with Gasteiger partial charge in [0.25, 0.3) is 0 Å². The minimum Gasteiger partial charge on any atom is -0.452 e. The van der Waals surface area contributed by atoms with Crippen LogP contribution in [0.2, 0.25) is 0 Å². The minimum absolute atomic E-state index is 0.0719. The molecule has 1 fully saturated rings. The van der Waals surface area contributed by atoms with Crippen LogP contribution in [0.25, 0.3) is 0 Å². The molecule has 78 valence electrons. The van der Waals surface area contributed by atoms with Gasteiger partial charge < -0.3 is 9.47 Å². The van der Waals surface area contributed by atoms with Crippen molar-refractivity contribution in [3.8, 4) is 0 Å². The van der Waals surface area contributed by atoms with Crippen LogP contribution in [0, 0.1) is 0 Å². The first-order valence-electron chi connectivity index (χ1n) is 5.32. The lowest BCUT2D eigenvalue weighted by molar-refractivity contribution is -0.144. The quantitative estimate of drug-likeness (QED) is 0.646. The zero-order valence-electron chi connectivity index (χ0n) is 8.71. The topological polar surface area (TPSA) is 35.5 Å². The molecule has 2 unspecified atom stereocenters. The number of fused-ring (bicyclic) bond motifs is 1. The third-order valence-electron chi connectivity index (χ3n) is 2.98. The highest BCUT2D eigenvalue weighted by atomic mass is 16.6. The summed E-state index contributed by atoms with van der Waals surface area (Å²) in [6.45, 7) is 4.66. The van der Waals surface area contributed by atoms with Crippen LogP contribution >= 0.6 is 0 Å². The Balaban J connectivity index is 2.18. The summed E-state index contributed by atoms with van der Waals surface area (Å²) in [4.78, 5) is 11.4. The number of hydrogen-bond donors (Lipinski definition) is 0. The summed E-state index contributed by atoms with van der Waals surface area (Å²) < 4.78 is 10.9. The van der Waals surface area contributed by atoms with Crippen LogP contribution in [0.5, 0.6) is 0 Å². The maximum Gasteiger partial charge on any atom is 0.334 e. The number of carbonyl (C=O) groups excluding carboxylic acids is 1. The van der Waals surface area contributed by atoms with Crippen LogP contribution in [0.4, 0.5) is 0 Å². The Morgan fingerprint density at radius 3 is 2.93 bits per heavy atom. The molecule has 0 aromatic heterocycles. The molecule has 1 aliphatic heterocycles. The summed E-state index contributed by atoms with van der Waals surface area (Å²) in [5.41, 5.74) is 2.08. The summed E-state index contributed by atoms with van der Waals surface area (Å²) >= 11 is 0. The Hall–Kier alpha value is -0.830. The molecule has 2 atom stereocenters. The van der Waals surface area contributed by atoms with E-state index in [0.29, 0.717) is 6.61 Å². The van der Waals surface area contributed by atoms with Gasteiger partial charge in [0.05, 0.1) is 6.10 Å². The standard InChI is InChI=1S/C11H16O3/c1-3-7-8-5-6-9(13-4-2)10(8)14-11(7)12/h9-10H,3-6H2,1-2H3. The molecule has 2 aliphatic rings.